The Morgan fingerprint density at radius 3 is 2.50 bits per heavy atom. The number of ketones is 1. The number of nitrogens with one attached hydrogen (secondary N) is 1. The first-order chi connectivity index (χ1) is 15.5. The highest BCUT2D eigenvalue weighted by Gasteiger charge is 2.46. The number of fused-ring (bicyclic) bond motifs is 1. The molecule has 160 valence electrons. The number of hydrogen-bond acceptors (Lipinski definition) is 5. The number of Topliss-reactive ketones (excluding diaryl/α,β-unsaturated/α-hetero) is 1. The van der Waals surface area contributed by atoms with Gasteiger partial charge < -0.3 is 19.4 Å². The predicted molar refractivity (Wildman–Crippen MR) is 122 cm³/mol. The average Bonchev–Trinajstić information content (AvgIpc) is 3.53. The van der Waals surface area contributed by atoms with Gasteiger partial charge in [-0.2, -0.15) is 0 Å². The summed E-state index contributed by atoms with van der Waals surface area (Å²) in [4.78, 5) is 33.2. The van der Waals surface area contributed by atoms with Crippen LogP contribution in [0, 0.1) is 0 Å². The van der Waals surface area contributed by atoms with E-state index in [4.69, 9.17) is 4.42 Å². The fourth-order valence-electron chi connectivity index (χ4n) is 4.17. The van der Waals surface area contributed by atoms with Gasteiger partial charge in [-0.3, -0.25) is 14.5 Å². The number of rotatable bonds is 5. The molecule has 0 saturated heterocycles. The summed E-state index contributed by atoms with van der Waals surface area (Å²) in [5, 5.41) is 11.7. The van der Waals surface area contributed by atoms with Crippen LogP contribution >= 0.6 is 0 Å². The van der Waals surface area contributed by atoms with Gasteiger partial charge >= 0.3 is 0 Å². The summed E-state index contributed by atoms with van der Waals surface area (Å²) in [6, 6.07) is 17.3. The van der Waals surface area contributed by atoms with Crippen molar-refractivity contribution >= 4 is 34.0 Å². The highest BCUT2D eigenvalue weighted by molar-refractivity contribution is 6.20. The largest absolute Gasteiger partial charge is 0.503 e. The number of aliphatic hydroxyl groups excluding tert-OH is 1. The minimum atomic E-state index is -0.818. The van der Waals surface area contributed by atoms with Crippen molar-refractivity contribution in [3.05, 3.63) is 95.8 Å². The predicted octanol–water partition coefficient (Wildman–Crippen LogP) is 4.61. The van der Waals surface area contributed by atoms with Gasteiger partial charge in [0, 0.05) is 48.1 Å². The molecular weight excluding hydrogens is 406 g/mol. The first kappa shape index (κ1) is 19.7. The van der Waals surface area contributed by atoms with E-state index in [2.05, 4.69) is 4.98 Å². The maximum atomic E-state index is 13.3. The van der Waals surface area contributed by atoms with Gasteiger partial charge in [-0.25, -0.2) is 0 Å². The van der Waals surface area contributed by atoms with Crippen LogP contribution in [0.3, 0.4) is 0 Å². The van der Waals surface area contributed by atoms with Crippen LogP contribution < -0.4 is 9.80 Å². The zero-order valence-corrected chi connectivity index (χ0v) is 17.6. The fraction of sp³-hybridized carbons (Fsp3) is 0.120. The van der Waals surface area contributed by atoms with Crippen molar-refractivity contribution in [3.8, 4) is 0 Å². The second-order valence-electron chi connectivity index (χ2n) is 7.85. The summed E-state index contributed by atoms with van der Waals surface area (Å²) < 4.78 is 5.29. The Hall–Kier alpha value is -4.26. The molecule has 32 heavy (non-hydrogen) atoms. The number of aromatic amines is 1. The third-order valence-corrected chi connectivity index (χ3v) is 5.76. The number of hydrogen-bond donors (Lipinski definition) is 2. The number of aromatic nitrogens is 1. The third kappa shape index (κ3) is 2.98. The summed E-state index contributed by atoms with van der Waals surface area (Å²) in [5.41, 5.74) is 3.11. The standard InChI is InChI=1S/C25H21N3O4/c1-27(2)15-9-11-16(12-10-15)28-22(18-14-26-19-7-4-3-6-17(18)19)21(24(30)25(28)31)23(29)20-8-5-13-32-20/h3-14,22,26,30H,1-2H3. The second kappa shape index (κ2) is 7.46. The Labute approximate surface area is 184 Å². The molecule has 1 aliphatic heterocycles. The Morgan fingerprint density at radius 2 is 1.81 bits per heavy atom. The number of aliphatic hydroxyl groups is 1. The molecule has 7 heteroatoms. The highest BCUT2D eigenvalue weighted by atomic mass is 16.3. The summed E-state index contributed by atoms with van der Waals surface area (Å²) in [6.07, 6.45) is 3.16. The zero-order valence-electron chi connectivity index (χ0n) is 17.6. The molecule has 1 atom stereocenters. The molecule has 0 saturated carbocycles. The number of furan rings is 1. The van der Waals surface area contributed by atoms with Crippen LogP contribution in [0.2, 0.25) is 0 Å². The SMILES string of the molecule is CN(C)c1ccc(N2C(=O)C(O)=C(C(=O)c3ccco3)C2c2c[nH]c3ccccc23)cc1. The smallest absolute Gasteiger partial charge is 0.294 e. The fourth-order valence-corrected chi connectivity index (χ4v) is 4.17. The third-order valence-electron chi connectivity index (χ3n) is 5.76. The summed E-state index contributed by atoms with van der Waals surface area (Å²) in [5.74, 6) is -1.66. The van der Waals surface area contributed by atoms with E-state index in [1.807, 2.05) is 67.5 Å². The van der Waals surface area contributed by atoms with Crippen molar-refractivity contribution in [2.45, 2.75) is 6.04 Å². The maximum Gasteiger partial charge on any atom is 0.294 e. The van der Waals surface area contributed by atoms with Crippen molar-refractivity contribution in [2.24, 2.45) is 0 Å². The molecule has 2 N–H and O–H groups in total. The molecule has 0 spiro atoms. The number of nitrogens with zero attached hydrogens (tertiary/aromatic N) is 2. The Kier molecular flexibility index (Phi) is 4.59. The van der Waals surface area contributed by atoms with Gasteiger partial charge in [0.15, 0.2) is 11.5 Å². The van der Waals surface area contributed by atoms with E-state index in [-0.39, 0.29) is 11.3 Å². The zero-order chi connectivity index (χ0) is 22.4. The molecule has 1 unspecified atom stereocenters. The Bertz CT molecular complexity index is 1350. The number of carbonyl (C=O) groups is 2. The lowest BCUT2D eigenvalue weighted by Gasteiger charge is -2.27. The molecule has 7 nitrogen and oxygen atoms in total. The molecule has 0 radical (unpaired) electrons. The second-order valence-corrected chi connectivity index (χ2v) is 7.85. The van der Waals surface area contributed by atoms with Crippen LogP contribution in [0.15, 0.2) is 88.9 Å². The molecule has 0 fully saturated rings. The molecule has 2 aromatic carbocycles. The van der Waals surface area contributed by atoms with E-state index in [1.54, 1.807) is 12.3 Å². The van der Waals surface area contributed by atoms with Gasteiger partial charge in [0.2, 0.25) is 5.78 Å². The first-order valence-corrected chi connectivity index (χ1v) is 10.2. The summed E-state index contributed by atoms with van der Waals surface area (Å²) in [6.45, 7) is 0. The van der Waals surface area contributed by atoms with Crippen molar-refractivity contribution in [1.29, 1.82) is 0 Å². The lowest BCUT2D eigenvalue weighted by molar-refractivity contribution is -0.117. The van der Waals surface area contributed by atoms with E-state index < -0.39 is 23.5 Å². The molecule has 1 amide bonds. The molecule has 1 aliphatic rings. The molecule has 5 rings (SSSR count). The summed E-state index contributed by atoms with van der Waals surface area (Å²) >= 11 is 0. The van der Waals surface area contributed by atoms with Gasteiger partial charge in [0.05, 0.1) is 17.9 Å². The number of amides is 1. The first-order valence-electron chi connectivity index (χ1n) is 10.2. The van der Waals surface area contributed by atoms with Gasteiger partial charge in [-0.05, 0) is 42.5 Å². The maximum absolute atomic E-state index is 13.3. The van der Waals surface area contributed by atoms with E-state index >= 15 is 0 Å². The lowest BCUT2D eigenvalue weighted by Crippen LogP contribution is -2.31. The normalized spacial score (nSPS) is 16.2. The van der Waals surface area contributed by atoms with Gasteiger partial charge in [0.25, 0.3) is 5.91 Å². The minimum Gasteiger partial charge on any atom is -0.503 e. The number of anilines is 2. The number of H-pyrrole nitrogens is 1. The number of carbonyl (C=O) groups excluding carboxylic acids is 2. The lowest BCUT2D eigenvalue weighted by atomic mass is 9.94. The van der Waals surface area contributed by atoms with Gasteiger partial charge in [-0.1, -0.05) is 18.2 Å². The van der Waals surface area contributed by atoms with Crippen molar-refractivity contribution < 1.29 is 19.1 Å². The number of para-hydroxylation sites is 1. The topological polar surface area (TPSA) is 89.8 Å². The molecule has 0 aliphatic carbocycles. The molecule has 0 bridgehead atoms. The van der Waals surface area contributed by atoms with Crippen molar-refractivity contribution in [2.75, 3.05) is 23.9 Å². The van der Waals surface area contributed by atoms with E-state index in [1.165, 1.54) is 17.2 Å². The van der Waals surface area contributed by atoms with Crippen LogP contribution in [0.1, 0.15) is 22.2 Å². The van der Waals surface area contributed by atoms with Crippen molar-refractivity contribution in [3.63, 3.8) is 0 Å². The highest BCUT2D eigenvalue weighted by Crippen LogP contribution is 2.44. The van der Waals surface area contributed by atoms with E-state index in [9.17, 15) is 14.7 Å². The Morgan fingerprint density at radius 1 is 1.06 bits per heavy atom. The number of benzene rings is 2. The molecule has 4 aromatic rings. The quantitative estimate of drug-likeness (QED) is 0.454. The minimum absolute atomic E-state index is 0.00797. The average molecular weight is 427 g/mol. The van der Waals surface area contributed by atoms with Crippen LogP contribution in [0.25, 0.3) is 10.9 Å². The van der Waals surface area contributed by atoms with Crippen LogP contribution in [-0.2, 0) is 4.79 Å². The van der Waals surface area contributed by atoms with Crippen molar-refractivity contribution in [1.82, 2.24) is 4.98 Å². The van der Waals surface area contributed by atoms with Gasteiger partial charge in [0.1, 0.15) is 0 Å². The molecular formula is C25H21N3O4. The van der Waals surface area contributed by atoms with Crippen LogP contribution in [0.4, 0.5) is 11.4 Å². The van der Waals surface area contributed by atoms with E-state index in [0.29, 0.717) is 11.3 Å². The van der Waals surface area contributed by atoms with E-state index in [0.717, 1.165) is 16.6 Å². The van der Waals surface area contributed by atoms with Gasteiger partial charge in [-0.15, -0.1) is 0 Å². The monoisotopic (exact) mass is 427 g/mol. The van der Waals surface area contributed by atoms with Crippen LogP contribution in [-0.4, -0.2) is 35.9 Å². The van der Waals surface area contributed by atoms with Crippen LogP contribution in [0.5, 0.6) is 0 Å². The Balaban J connectivity index is 1.69. The molecule has 3 heterocycles. The molecule has 2 aromatic heterocycles. The summed E-state index contributed by atoms with van der Waals surface area (Å²) in [7, 11) is 3.86.